The van der Waals surface area contributed by atoms with Crippen molar-refractivity contribution >= 4 is 39.7 Å². The number of rotatable bonds is 4. The summed E-state index contributed by atoms with van der Waals surface area (Å²) in [5, 5.41) is 0. The minimum absolute atomic E-state index is 0.139. The molecule has 0 spiro atoms. The predicted molar refractivity (Wildman–Crippen MR) is 94.7 cm³/mol. The molecule has 0 unspecified atom stereocenters. The molecule has 1 aromatic heterocycles. The molecule has 2 heterocycles. The first-order valence-corrected chi connectivity index (χ1v) is 9.13. The van der Waals surface area contributed by atoms with Crippen molar-refractivity contribution in [3.8, 4) is 0 Å². The number of aromatic nitrogens is 1. The summed E-state index contributed by atoms with van der Waals surface area (Å²) < 4.78 is 44.8. The first-order valence-electron chi connectivity index (χ1n) is 7.20. The highest BCUT2D eigenvalue weighted by atomic mass is 127. The SMILES string of the molecule is CN(C)I=Nc1cc(C(F)F)c(B2OC(C)(C)C(C)(C)O2)cn1. The molecule has 1 aromatic rings. The van der Waals surface area contributed by atoms with Gasteiger partial charge in [0, 0.05) is 17.2 Å². The molecule has 1 aliphatic rings. The van der Waals surface area contributed by atoms with Gasteiger partial charge in [0.1, 0.15) is 0 Å². The van der Waals surface area contributed by atoms with Gasteiger partial charge in [0.2, 0.25) is 0 Å². The zero-order chi connectivity index (χ0) is 17.4. The third kappa shape index (κ3) is 4.12. The standard InChI is InChI=1S/C14H21BF2IN3O2/c1-13(2)14(3,4)23-15(22-13)10-8-19-11(20-18-21(5)6)7-9(10)12(16)17/h7-8,12H,1-6H3. The van der Waals surface area contributed by atoms with Gasteiger partial charge in [0.15, 0.2) is 5.82 Å². The third-order valence-electron chi connectivity index (χ3n) is 3.97. The molecular formula is C14H21BF2IN3O2. The minimum Gasteiger partial charge on any atom is -0.399 e. The van der Waals surface area contributed by atoms with Crippen molar-refractivity contribution in [3.63, 3.8) is 0 Å². The second-order valence-corrected chi connectivity index (χ2v) is 9.35. The molecule has 0 amide bonds. The summed E-state index contributed by atoms with van der Waals surface area (Å²) in [4.78, 5) is 4.17. The molecule has 2 rings (SSSR count). The molecule has 0 bridgehead atoms. The van der Waals surface area contributed by atoms with E-state index in [1.165, 1.54) is 12.3 Å². The summed E-state index contributed by atoms with van der Waals surface area (Å²) in [6.07, 6.45) is -1.25. The van der Waals surface area contributed by atoms with Gasteiger partial charge in [0.25, 0.3) is 6.43 Å². The van der Waals surface area contributed by atoms with Gasteiger partial charge in [-0.1, -0.05) is 0 Å². The van der Waals surface area contributed by atoms with Gasteiger partial charge in [0.05, 0.1) is 32.5 Å². The number of hydrogen-bond acceptors (Lipinski definition) is 4. The van der Waals surface area contributed by atoms with Crippen LogP contribution in [0.2, 0.25) is 0 Å². The number of halogens is 3. The lowest BCUT2D eigenvalue weighted by Crippen LogP contribution is -2.41. The van der Waals surface area contributed by atoms with Crippen molar-refractivity contribution in [1.29, 1.82) is 0 Å². The second kappa shape index (κ2) is 6.77. The Bertz CT molecular complexity index is 596. The first-order chi connectivity index (χ1) is 10.5. The summed E-state index contributed by atoms with van der Waals surface area (Å²) in [6, 6.07) is 1.33. The fourth-order valence-electron chi connectivity index (χ4n) is 1.99. The highest BCUT2D eigenvalue weighted by Crippen LogP contribution is 2.37. The van der Waals surface area contributed by atoms with Crippen LogP contribution in [-0.2, 0) is 9.31 Å². The molecular weight excluding hydrogens is 418 g/mol. The Kier molecular flexibility index (Phi) is 5.54. The Morgan fingerprint density at radius 1 is 1.22 bits per heavy atom. The summed E-state index contributed by atoms with van der Waals surface area (Å²) in [7, 11) is 2.93. The van der Waals surface area contributed by atoms with E-state index in [4.69, 9.17) is 9.31 Å². The zero-order valence-corrected chi connectivity index (χ0v) is 16.3. The van der Waals surface area contributed by atoms with Crippen LogP contribution in [0.15, 0.2) is 15.4 Å². The van der Waals surface area contributed by atoms with E-state index in [1.54, 1.807) is 0 Å². The van der Waals surface area contributed by atoms with E-state index in [2.05, 4.69) is 8.13 Å². The van der Waals surface area contributed by atoms with Crippen LogP contribution in [0.25, 0.3) is 0 Å². The molecule has 1 fully saturated rings. The number of nitrogens with zero attached hydrogens (tertiary/aromatic N) is 3. The normalized spacial score (nSPS) is 20.5. The summed E-state index contributed by atoms with van der Waals surface area (Å²) >= 11 is -0.610. The Morgan fingerprint density at radius 2 is 1.78 bits per heavy atom. The van der Waals surface area contributed by atoms with E-state index in [-0.39, 0.29) is 11.0 Å². The summed E-state index contributed by atoms with van der Waals surface area (Å²) in [5.41, 5.74) is -1.05. The highest BCUT2D eigenvalue weighted by Gasteiger charge is 2.52. The van der Waals surface area contributed by atoms with Crippen LogP contribution in [0.1, 0.15) is 39.7 Å². The van der Waals surface area contributed by atoms with Crippen LogP contribution < -0.4 is 5.46 Å². The third-order valence-corrected chi connectivity index (χ3v) is 5.54. The van der Waals surface area contributed by atoms with Crippen LogP contribution in [0.4, 0.5) is 14.6 Å². The van der Waals surface area contributed by atoms with Gasteiger partial charge in [-0.15, -0.1) is 0 Å². The number of alkyl halides is 2. The Labute approximate surface area is 146 Å². The average molecular weight is 439 g/mol. The van der Waals surface area contributed by atoms with Crippen molar-refractivity contribution in [2.45, 2.75) is 45.3 Å². The molecule has 0 aromatic carbocycles. The number of pyridine rings is 1. The van der Waals surface area contributed by atoms with Crippen molar-refractivity contribution in [2.75, 3.05) is 14.1 Å². The average Bonchev–Trinajstić information content (AvgIpc) is 2.64. The zero-order valence-electron chi connectivity index (χ0n) is 14.1. The maximum atomic E-state index is 13.5. The van der Waals surface area contributed by atoms with Gasteiger partial charge in [-0.05, 0) is 47.9 Å². The van der Waals surface area contributed by atoms with Crippen molar-refractivity contribution in [1.82, 2.24) is 8.10 Å². The van der Waals surface area contributed by atoms with Gasteiger partial charge in [-0.2, -0.15) is 3.15 Å². The largest absolute Gasteiger partial charge is 0.496 e. The van der Waals surface area contributed by atoms with E-state index in [0.29, 0.717) is 5.82 Å². The molecule has 23 heavy (non-hydrogen) atoms. The molecule has 128 valence electrons. The fourth-order valence-corrected chi connectivity index (χ4v) is 2.90. The maximum Gasteiger partial charge on any atom is 0.496 e. The Morgan fingerprint density at radius 3 is 2.26 bits per heavy atom. The van der Waals surface area contributed by atoms with Crippen LogP contribution >= 0.6 is 21.3 Å². The van der Waals surface area contributed by atoms with Crippen LogP contribution in [-0.4, -0.2) is 40.5 Å². The van der Waals surface area contributed by atoms with Gasteiger partial charge < -0.3 is 9.31 Å². The molecule has 0 aliphatic carbocycles. The second-order valence-electron chi connectivity index (χ2n) is 6.51. The Balaban J connectivity index is 2.36. The van der Waals surface area contributed by atoms with E-state index in [1.807, 2.05) is 44.9 Å². The molecule has 5 nitrogen and oxygen atoms in total. The summed E-state index contributed by atoms with van der Waals surface area (Å²) in [5.74, 6) is 0.321. The molecule has 0 saturated carbocycles. The minimum atomic E-state index is -2.64. The lowest BCUT2D eigenvalue weighted by molar-refractivity contribution is 0.00578. The van der Waals surface area contributed by atoms with Crippen LogP contribution in [0.5, 0.6) is 0 Å². The van der Waals surface area contributed by atoms with E-state index >= 15 is 0 Å². The van der Waals surface area contributed by atoms with Crippen LogP contribution in [0, 0.1) is 0 Å². The van der Waals surface area contributed by atoms with E-state index in [0.717, 1.165) is 0 Å². The smallest absolute Gasteiger partial charge is 0.399 e. The quantitative estimate of drug-likeness (QED) is 0.409. The van der Waals surface area contributed by atoms with E-state index < -0.39 is 46.1 Å². The molecule has 1 aliphatic heterocycles. The lowest BCUT2D eigenvalue weighted by atomic mass is 9.77. The molecule has 0 radical (unpaired) electrons. The van der Waals surface area contributed by atoms with Crippen molar-refractivity contribution in [3.05, 3.63) is 17.8 Å². The highest BCUT2D eigenvalue weighted by molar-refractivity contribution is 14.1. The van der Waals surface area contributed by atoms with Crippen LogP contribution in [0.3, 0.4) is 0 Å². The van der Waals surface area contributed by atoms with Crippen molar-refractivity contribution in [2.24, 2.45) is 3.15 Å². The molecule has 0 atom stereocenters. The molecule has 9 heteroatoms. The molecule has 1 saturated heterocycles. The fraction of sp³-hybridized carbons (Fsp3) is 0.643. The van der Waals surface area contributed by atoms with Gasteiger partial charge in [-0.25, -0.2) is 16.9 Å². The number of hydrogen-bond donors (Lipinski definition) is 0. The predicted octanol–water partition coefficient (Wildman–Crippen LogP) is 3.58. The maximum absolute atomic E-state index is 13.5. The molecule has 0 N–H and O–H groups in total. The monoisotopic (exact) mass is 439 g/mol. The van der Waals surface area contributed by atoms with Crippen molar-refractivity contribution < 1.29 is 18.1 Å². The van der Waals surface area contributed by atoms with Gasteiger partial charge in [-0.3, -0.25) is 0 Å². The first kappa shape index (κ1) is 18.8. The summed E-state index contributed by atoms with van der Waals surface area (Å²) in [6.45, 7) is 7.53. The van der Waals surface area contributed by atoms with E-state index in [9.17, 15) is 8.78 Å². The van der Waals surface area contributed by atoms with Gasteiger partial charge >= 0.3 is 7.12 Å². The lowest BCUT2D eigenvalue weighted by Gasteiger charge is -2.32. The Hall–Kier alpha value is -0.515. The topological polar surface area (TPSA) is 47.0 Å².